The molecule has 16 heavy (non-hydrogen) atoms. The molecule has 1 aliphatic carbocycles. The predicted octanol–water partition coefficient (Wildman–Crippen LogP) is 3.35. The molecule has 0 aromatic heterocycles. The van der Waals surface area contributed by atoms with Crippen LogP contribution in [-0.2, 0) is 4.74 Å². The fourth-order valence-corrected chi connectivity index (χ4v) is 2.69. The summed E-state index contributed by atoms with van der Waals surface area (Å²) in [4.78, 5) is 0. The highest BCUT2D eigenvalue weighted by atomic mass is 16.5. The Morgan fingerprint density at radius 2 is 2.19 bits per heavy atom. The summed E-state index contributed by atoms with van der Waals surface area (Å²) in [6, 6.07) is 0. The lowest BCUT2D eigenvalue weighted by molar-refractivity contribution is 0.0799. The van der Waals surface area contributed by atoms with Gasteiger partial charge in [-0.1, -0.05) is 40.0 Å². The lowest BCUT2D eigenvalue weighted by atomic mass is 9.74. The van der Waals surface area contributed by atoms with Crippen LogP contribution in [0, 0.1) is 11.8 Å². The molecule has 0 heterocycles. The van der Waals surface area contributed by atoms with Crippen molar-refractivity contribution < 1.29 is 4.74 Å². The zero-order valence-corrected chi connectivity index (χ0v) is 11.3. The Hall–Kier alpha value is -0.0800. The van der Waals surface area contributed by atoms with Crippen molar-refractivity contribution in [1.29, 1.82) is 0 Å². The standard InChI is InChI=1S/C14H29NO/c1-4-13-6-5-7-14(15,10-13)8-9-16-11-12(2)3/h12-13H,4-11,15H2,1-3H3. The molecule has 1 saturated carbocycles. The first kappa shape index (κ1) is 14.0. The van der Waals surface area contributed by atoms with E-state index in [4.69, 9.17) is 10.5 Å². The van der Waals surface area contributed by atoms with Gasteiger partial charge in [-0.2, -0.15) is 0 Å². The first-order valence-electron chi connectivity index (χ1n) is 6.92. The maximum atomic E-state index is 6.46. The summed E-state index contributed by atoms with van der Waals surface area (Å²) in [6.07, 6.45) is 7.40. The van der Waals surface area contributed by atoms with Crippen LogP contribution in [-0.4, -0.2) is 18.8 Å². The summed E-state index contributed by atoms with van der Waals surface area (Å²) >= 11 is 0. The number of hydrogen-bond donors (Lipinski definition) is 1. The van der Waals surface area contributed by atoms with Crippen LogP contribution in [0.15, 0.2) is 0 Å². The molecule has 0 aromatic carbocycles. The summed E-state index contributed by atoms with van der Waals surface area (Å²) in [5.74, 6) is 1.48. The molecule has 2 unspecified atom stereocenters. The molecular formula is C14H29NO. The van der Waals surface area contributed by atoms with E-state index in [-0.39, 0.29) is 5.54 Å². The second-order valence-corrected chi connectivity index (χ2v) is 5.95. The third-order valence-corrected chi connectivity index (χ3v) is 3.76. The van der Waals surface area contributed by atoms with E-state index in [1.54, 1.807) is 0 Å². The highest BCUT2D eigenvalue weighted by molar-refractivity contribution is 4.90. The summed E-state index contributed by atoms with van der Waals surface area (Å²) in [5, 5.41) is 0. The van der Waals surface area contributed by atoms with Gasteiger partial charge < -0.3 is 10.5 Å². The van der Waals surface area contributed by atoms with Crippen molar-refractivity contribution in [3.63, 3.8) is 0 Å². The SMILES string of the molecule is CCC1CCCC(N)(CCOCC(C)C)C1. The second kappa shape index (κ2) is 6.61. The van der Waals surface area contributed by atoms with E-state index in [2.05, 4.69) is 20.8 Å². The van der Waals surface area contributed by atoms with Gasteiger partial charge in [-0.25, -0.2) is 0 Å². The molecule has 2 heteroatoms. The molecule has 0 aliphatic heterocycles. The minimum Gasteiger partial charge on any atom is -0.381 e. The van der Waals surface area contributed by atoms with E-state index in [0.717, 1.165) is 25.6 Å². The van der Waals surface area contributed by atoms with Gasteiger partial charge in [-0.15, -0.1) is 0 Å². The largest absolute Gasteiger partial charge is 0.381 e. The third kappa shape index (κ3) is 4.84. The third-order valence-electron chi connectivity index (χ3n) is 3.76. The van der Waals surface area contributed by atoms with Crippen LogP contribution in [0.2, 0.25) is 0 Å². The van der Waals surface area contributed by atoms with E-state index in [9.17, 15) is 0 Å². The van der Waals surface area contributed by atoms with E-state index >= 15 is 0 Å². The minimum absolute atomic E-state index is 0.0654. The molecule has 0 spiro atoms. The van der Waals surface area contributed by atoms with Gasteiger partial charge in [-0.3, -0.25) is 0 Å². The zero-order chi connectivity index (χ0) is 12.0. The molecule has 1 rings (SSSR count). The summed E-state index contributed by atoms with van der Waals surface area (Å²) in [5.41, 5.74) is 6.53. The van der Waals surface area contributed by atoms with Gasteiger partial charge in [0.05, 0.1) is 0 Å². The molecule has 1 fully saturated rings. The van der Waals surface area contributed by atoms with E-state index in [1.807, 2.05) is 0 Å². The molecule has 0 amide bonds. The van der Waals surface area contributed by atoms with Crippen molar-refractivity contribution in [1.82, 2.24) is 0 Å². The van der Waals surface area contributed by atoms with E-state index in [0.29, 0.717) is 5.92 Å². The number of hydrogen-bond acceptors (Lipinski definition) is 2. The number of nitrogens with two attached hydrogens (primary N) is 1. The summed E-state index contributed by atoms with van der Waals surface area (Å²) < 4.78 is 5.65. The molecule has 1 aliphatic rings. The molecule has 0 radical (unpaired) electrons. The quantitative estimate of drug-likeness (QED) is 0.706. The molecule has 0 bridgehead atoms. The summed E-state index contributed by atoms with van der Waals surface area (Å²) in [7, 11) is 0. The second-order valence-electron chi connectivity index (χ2n) is 5.95. The average Bonchev–Trinajstić information content (AvgIpc) is 2.24. The highest BCUT2D eigenvalue weighted by Crippen LogP contribution is 2.34. The van der Waals surface area contributed by atoms with Crippen LogP contribution in [0.25, 0.3) is 0 Å². The van der Waals surface area contributed by atoms with Gasteiger partial charge in [-0.05, 0) is 31.1 Å². The molecule has 96 valence electrons. The minimum atomic E-state index is 0.0654. The predicted molar refractivity (Wildman–Crippen MR) is 69.4 cm³/mol. The maximum absolute atomic E-state index is 6.46. The normalized spacial score (nSPS) is 30.9. The molecule has 0 saturated heterocycles. The van der Waals surface area contributed by atoms with E-state index in [1.165, 1.54) is 32.1 Å². The van der Waals surface area contributed by atoms with Crippen LogP contribution in [0.3, 0.4) is 0 Å². The Morgan fingerprint density at radius 3 is 2.81 bits per heavy atom. The average molecular weight is 227 g/mol. The fourth-order valence-electron chi connectivity index (χ4n) is 2.69. The van der Waals surface area contributed by atoms with Crippen molar-refractivity contribution in [2.45, 2.75) is 64.8 Å². The van der Waals surface area contributed by atoms with Gasteiger partial charge in [0.2, 0.25) is 0 Å². The number of rotatable bonds is 6. The van der Waals surface area contributed by atoms with Crippen LogP contribution < -0.4 is 5.73 Å². The van der Waals surface area contributed by atoms with Crippen LogP contribution in [0.5, 0.6) is 0 Å². The first-order valence-corrected chi connectivity index (χ1v) is 6.92. The van der Waals surface area contributed by atoms with Gasteiger partial charge in [0.25, 0.3) is 0 Å². The van der Waals surface area contributed by atoms with Crippen molar-refractivity contribution in [2.24, 2.45) is 17.6 Å². The fraction of sp³-hybridized carbons (Fsp3) is 1.00. The lowest BCUT2D eigenvalue weighted by Gasteiger charge is -2.38. The Balaban J connectivity index is 2.22. The van der Waals surface area contributed by atoms with Gasteiger partial charge in [0.1, 0.15) is 0 Å². The molecular weight excluding hydrogens is 198 g/mol. The maximum Gasteiger partial charge on any atom is 0.0489 e. The van der Waals surface area contributed by atoms with Crippen molar-refractivity contribution >= 4 is 0 Å². The van der Waals surface area contributed by atoms with Crippen molar-refractivity contribution in [2.75, 3.05) is 13.2 Å². The Labute approximate surface area is 101 Å². The van der Waals surface area contributed by atoms with Gasteiger partial charge in [0.15, 0.2) is 0 Å². The van der Waals surface area contributed by atoms with Gasteiger partial charge >= 0.3 is 0 Å². The topological polar surface area (TPSA) is 35.2 Å². The smallest absolute Gasteiger partial charge is 0.0489 e. The molecule has 2 N–H and O–H groups in total. The molecule has 2 nitrogen and oxygen atoms in total. The molecule has 2 atom stereocenters. The van der Waals surface area contributed by atoms with Crippen molar-refractivity contribution in [3.05, 3.63) is 0 Å². The summed E-state index contributed by atoms with van der Waals surface area (Å²) in [6.45, 7) is 8.36. The Kier molecular flexibility index (Phi) is 5.77. The van der Waals surface area contributed by atoms with Crippen LogP contribution in [0.1, 0.15) is 59.3 Å². The van der Waals surface area contributed by atoms with Crippen LogP contribution >= 0.6 is 0 Å². The zero-order valence-electron chi connectivity index (χ0n) is 11.3. The number of ether oxygens (including phenoxy) is 1. The van der Waals surface area contributed by atoms with Gasteiger partial charge in [0, 0.05) is 18.8 Å². The lowest BCUT2D eigenvalue weighted by Crippen LogP contribution is -2.45. The highest BCUT2D eigenvalue weighted by Gasteiger charge is 2.31. The van der Waals surface area contributed by atoms with Crippen molar-refractivity contribution in [3.8, 4) is 0 Å². The molecule has 0 aromatic rings. The monoisotopic (exact) mass is 227 g/mol. The van der Waals surface area contributed by atoms with Crippen LogP contribution in [0.4, 0.5) is 0 Å². The van der Waals surface area contributed by atoms with E-state index < -0.39 is 0 Å². The Bertz CT molecular complexity index is 193. The first-order chi connectivity index (χ1) is 7.56. The Morgan fingerprint density at radius 1 is 1.44 bits per heavy atom.